The van der Waals surface area contributed by atoms with E-state index in [1.807, 2.05) is 20.8 Å². The lowest BCUT2D eigenvalue weighted by Gasteiger charge is -2.12. The molecular weight excluding hydrogens is 296 g/mol. The highest BCUT2D eigenvalue weighted by molar-refractivity contribution is 6.02. The predicted octanol–water partition coefficient (Wildman–Crippen LogP) is 3.22. The Morgan fingerprint density at radius 1 is 1.36 bits per heavy atom. The van der Waals surface area contributed by atoms with Gasteiger partial charge in [0.15, 0.2) is 5.82 Å². The van der Waals surface area contributed by atoms with Crippen LogP contribution in [0.25, 0.3) is 0 Å². The number of hydrogen-bond acceptors (Lipinski definition) is 5. The van der Waals surface area contributed by atoms with Crippen LogP contribution in [-0.2, 0) is 5.41 Å². The van der Waals surface area contributed by atoms with Gasteiger partial charge in [0.05, 0.1) is 6.20 Å². The van der Waals surface area contributed by atoms with Crippen molar-refractivity contribution in [1.29, 1.82) is 0 Å². The molecule has 0 radical (unpaired) electrons. The van der Waals surface area contributed by atoms with Gasteiger partial charge in [0.2, 0.25) is 0 Å². The summed E-state index contributed by atoms with van der Waals surface area (Å²) >= 11 is 0. The second kappa shape index (κ2) is 6.08. The number of halogens is 2. The number of amides is 1. The summed E-state index contributed by atoms with van der Waals surface area (Å²) in [5.74, 6) is 0.224. The Balaban J connectivity index is 2.04. The summed E-state index contributed by atoms with van der Waals surface area (Å²) < 4.78 is 33.3. The normalized spacial score (nSPS) is 11.5. The fourth-order valence-corrected chi connectivity index (χ4v) is 1.56. The van der Waals surface area contributed by atoms with E-state index in [-0.39, 0.29) is 22.7 Å². The Labute approximate surface area is 125 Å². The Morgan fingerprint density at radius 3 is 2.59 bits per heavy atom. The molecule has 1 N–H and O–H groups in total. The third-order valence-electron chi connectivity index (χ3n) is 2.69. The van der Waals surface area contributed by atoms with Crippen molar-refractivity contribution < 1.29 is 22.8 Å². The maximum Gasteiger partial charge on any atom is 0.387 e. The predicted molar refractivity (Wildman–Crippen MR) is 74.0 cm³/mol. The standard InChI is InChI=1S/C14H15F2N3O3/c1-14(2,3)10-6-11(19-22-10)18-12(20)9-5-4-8(7-17-9)21-13(15)16/h4-7,13H,1-3H3,(H,18,19,20). The van der Waals surface area contributed by atoms with Gasteiger partial charge in [-0.3, -0.25) is 4.79 Å². The summed E-state index contributed by atoms with van der Waals surface area (Å²) in [6, 6.07) is 4.13. The Kier molecular flexibility index (Phi) is 4.39. The second-order valence-electron chi connectivity index (χ2n) is 5.54. The van der Waals surface area contributed by atoms with Crippen molar-refractivity contribution in [3.63, 3.8) is 0 Å². The molecule has 2 rings (SSSR count). The number of rotatable bonds is 4. The largest absolute Gasteiger partial charge is 0.433 e. The van der Waals surface area contributed by atoms with Crippen LogP contribution in [0.15, 0.2) is 28.9 Å². The molecule has 8 heteroatoms. The number of nitrogens with one attached hydrogen (secondary N) is 1. The van der Waals surface area contributed by atoms with Crippen LogP contribution in [0.1, 0.15) is 37.0 Å². The van der Waals surface area contributed by atoms with Crippen LogP contribution in [-0.4, -0.2) is 22.7 Å². The summed E-state index contributed by atoms with van der Waals surface area (Å²) in [5, 5.41) is 6.26. The number of nitrogens with zero attached hydrogens (tertiary/aromatic N) is 2. The molecule has 1 amide bonds. The van der Waals surface area contributed by atoms with E-state index < -0.39 is 12.5 Å². The minimum absolute atomic E-state index is 0.0434. The molecule has 0 aromatic carbocycles. The van der Waals surface area contributed by atoms with E-state index in [0.29, 0.717) is 5.76 Å². The summed E-state index contributed by atoms with van der Waals surface area (Å²) in [4.78, 5) is 15.7. The van der Waals surface area contributed by atoms with Crippen molar-refractivity contribution in [3.8, 4) is 5.75 Å². The monoisotopic (exact) mass is 311 g/mol. The van der Waals surface area contributed by atoms with Gasteiger partial charge >= 0.3 is 6.61 Å². The second-order valence-corrected chi connectivity index (χ2v) is 5.54. The number of carbonyl (C=O) groups is 1. The zero-order valence-electron chi connectivity index (χ0n) is 12.3. The van der Waals surface area contributed by atoms with Crippen LogP contribution in [0, 0.1) is 0 Å². The first-order valence-corrected chi connectivity index (χ1v) is 6.45. The lowest BCUT2D eigenvalue weighted by molar-refractivity contribution is -0.0500. The number of anilines is 1. The first kappa shape index (κ1) is 15.9. The van der Waals surface area contributed by atoms with Crippen LogP contribution in [0.4, 0.5) is 14.6 Å². The zero-order chi connectivity index (χ0) is 16.3. The molecule has 22 heavy (non-hydrogen) atoms. The van der Waals surface area contributed by atoms with Gasteiger partial charge in [-0.25, -0.2) is 4.98 Å². The topological polar surface area (TPSA) is 77.2 Å². The Morgan fingerprint density at radius 2 is 2.09 bits per heavy atom. The fourth-order valence-electron chi connectivity index (χ4n) is 1.56. The van der Waals surface area contributed by atoms with Crippen molar-refractivity contribution >= 4 is 11.7 Å². The van der Waals surface area contributed by atoms with Gasteiger partial charge in [-0.15, -0.1) is 0 Å². The summed E-state index contributed by atoms with van der Waals surface area (Å²) in [7, 11) is 0. The molecule has 2 heterocycles. The van der Waals surface area contributed by atoms with E-state index >= 15 is 0 Å². The maximum atomic E-state index is 12.0. The first-order chi connectivity index (χ1) is 10.3. The van der Waals surface area contributed by atoms with Crippen LogP contribution >= 0.6 is 0 Å². The van der Waals surface area contributed by atoms with Gasteiger partial charge in [-0.1, -0.05) is 25.9 Å². The zero-order valence-corrected chi connectivity index (χ0v) is 12.3. The van der Waals surface area contributed by atoms with Crippen molar-refractivity contribution in [3.05, 3.63) is 35.9 Å². The molecule has 2 aromatic rings. The molecule has 0 aliphatic carbocycles. The van der Waals surface area contributed by atoms with Crippen LogP contribution in [0.5, 0.6) is 5.75 Å². The van der Waals surface area contributed by atoms with Crippen LogP contribution in [0.2, 0.25) is 0 Å². The maximum absolute atomic E-state index is 12.0. The van der Waals surface area contributed by atoms with Crippen molar-refractivity contribution in [2.24, 2.45) is 0 Å². The van der Waals surface area contributed by atoms with Crippen LogP contribution in [0.3, 0.4) is 0 Å². The number of aromatic nitrogens is 2. The van der Waals surface area contributed by atoms with Crippen molar-refractivity contribution in [2.75, 3.05) is 5.32 Å². The molecule has 118 valence electrons. The highest BCUT2D eigenvalue weighted by atomic mass is 19.3. The Hall–Kier alpha value is -2.51. The molecule has 0 saturated heterocycles. The minimum Gasteiger partial charge on any atom is -0.433 e. The molecular formula is C14H15F2N3O3. The van der Waals surface area contributed by atoms with E-state index in [1.54, 1.807) is 6.07 Å². The van der Waals surface area contributed by atoms with Gasteiger partial charge < -0.3 is 14.6 Å². The average molecular weight is 311 g/mol. The summed E-state index contributed by atoms with van der Waals surface area (Å²) in [5.41, 5.74) is -0.190. The number of carbonyl (C=O) groups excluding carboxylic acids is 1. The molecule has 2 aromatic heterocycles. The third-order valence-corrected chi connectivity index (χ3v) is 2.69. The van der Waals surface area contributed by atoms with Gasteiger partial charge in [-0.05, 0) is 12.1 Å². The van der Waals surface area contributed by atoms with E-state index in [0.717, 1.165) is 6.20 Å². The summed E-state index contributed by atoms with van der Waals surface area (Å²) in [6.07, 6.45) is 1.05. The van der Waals surface area contributed by atoms with Crippen molar-refractivity contribution in [2.45, 2.75) is 32.8 Å². The van der Waals surface area contributed by atoms with Gasteiger partial charge in [0.25, 0.3) is 5.91 Å². The fraction of sp³-hybridized carbons (Fsp3) is 0.357. The lowest BCUT2D eigenvalue weighted by atomic mass is 9.93. The van der Waals surface area contributed by atoms with E-state index in [1.165, 1.54) is 12.1 Å². The van der Waals surface area contributed by atoms with E-state index in [9.17, 15) is 13.6 Å². The van der Waals surface area contributed by atoms with E-state index in [4.69, 9.17) is 4.52 Å². The van der Waals surface area contributed by atoms with Gasteiger partial charge in [0.1, 0.15) is 17.2 Å². The van der Waals surface area contributed by atoms with Crippen molar-refractivity contribution in [1.82, 2.24) is 10.1 Å². The smallest absolute Gasteiger partial charge is 0.387 e. The van der Waals surface area contributed by atoms with Gasteiger partial charge in [-0.2, -0.15) is 8.78 Å². The summed E-state index contributed by atoms with van der Waals surface area (Å²) in [6.45, 7) is 2.90. The molecule has 0 spiro atoms. The van der Waals surface area contributed by atoms with E-state index in [2.05, 4.69) is 20.2 Å². The quantitative estimate of drug-likeness (QED) is 0.938. The first-order valence-electron chi connectivity index (χ1n) is 6.45. The molecule has 6 nitrogen and oxygen atoms in total. The number of pyridine rings is 1. The minimum atomic E-state index is -2.94. The molecule has 0 unspecified atom stereocenters. The number of ether oxygens (including phenoxy) is 1. The molecule has 0 fully saturated rings. The van der Waals surface area contributed by atoms with Gasteiger partial charge in [0, 0.05) is 11.5 Å². The third kappa shape index (κ3) is 4.00. The molecule has 0 atom stereocenters. The molecule has 0 bridgehead atoms. The highest BCUT2D eigenvalue weighted by Gasteiger charge is 2.20. The Bertz CT molecular complexity index is 648. The van der Waals surface area contributed by atoms with Crippen LogP contribution < -0.4 is 10.1 Å². The highest BCUT2D eigenvalue weighted by Crippen LogP contribution is 2.24. The number of hydrogen-bond donors (Lipinski definition) is 1. The molecule has 0 aliphatic heterocycles. The SMILES string of the molecule is CC(C)(C)c1cc(NC(=O)c2ccc(OC(F)F)cn2)no1. The molecule has 0 aliphatic rings. The average Bonchev–Trinajstić information content (AvgIpc) is 2.87. The number of alkyl halides is 2. The lowest BCUT2D eigenvalue weighted by Crippen LogP contribution is -2.14. The molecule has 0 saturated carbocycles.